The van der Waals surface area contributed by atoms with Crippen molar-refractivity contribution in [3.8, 4) is 0 Å². The van der Waals surface area contributed by atoms with E-state index < -0.39 is 0 Å². The topological polar surface area (TPSA) is 41.1 Å². The van der Waals surface area contributed by atoms with Gasteiger partial charge >= 0.3 is 0 Å². The first-order valence-electron chi connectivity index (χ1n) is 6.51. The Morgan fingerprint density at radius 1 is 1.29 bits per heavy atom. The molecule has 92 valence electrons. The number of anilines is 1. The predicted molar refractivity (Wildman–Crippen MR) is 68.1 cm³/mol. The minimum atomic E-state index is 0.562. The predicted octanol–water partition coefficient (Wildman–Crippen LogP) is 1.60. The zero-order valence-electron chi connectivity index (χ0n) is 10.6. The molecule has 3 aliphatic heterocycles. The van der Waals surface area contributed by atoms with Crippen LogP contribution in [0.4, 0.5) is 5.82 Å². The van der Waals surface area contributed by atoms with Crippen molar-refractivity contribution in [3.63, 3.8) is 0 Å². The van der Waals surface area contributed by atoms with Crippen LogP contribution < -0.4 is 5.32 Å². The van der Waals surface area contributed by atoms with Crippen LogP contribution in [0.15, 0.2) is 6.20 Å². The fourth-order valence-electron chi connectivity index (χ4n) is 2.98. The fourth-order valence-corrected chi connectivity index (χ4v) is 2.98. The maximum atomic E-state index is 4.56. The number of aryl methyl sites for hydroxylation is 2. The largest absolute Gasteiger partial charge is 0.364 e. The highest BCUT2D eigenvalue weighted by Gasteiger charge is 2.34. The van der Waals surface area contributed by atoms with Gasteiger partial charge in [-0.15, -0.1) is 0 Å². The SMILES string of the molecule is Cc1cnc(C)c(NC2CN3CCC2CC3)n1. The molecule has 3 saturated heterocycles. The zero-order chi connectivity index (χ0) is 11.8. The Kier molecular flexibility index (Phi) is 2.74. The van der Waals surface area contributed by atoms with Gasteiger partial charge in [-0.05, 0) is 45.7 Å². The normalized spacial score (nSPS) is 31.5. The Morgan fingerprint density at radius 2 is 2.06 bits per heavy atom. The van der Waals surface area contributed by atoms with E-state index in [-0.39, 0.29) is 0 Å². The summed E-state index contributed by atoms with van der Waals surface area (Å²) in [5.74, 6) is 1.80. The van der Waals surface area contributed by atoms with Crippen molar-refractivity contribution in [2.75, 3.05) is 25.0 Å². The van der Waals surface area contributed by atoms with Crippen LogP contribution in [0.1, 0.15) is 24.2 Å². The van der Waals surface area contributed by atoms with Crippen molar-refractivity contribution in [2.24, 2.45) is 5.92 Å². The third-order valence-electron chi connectivity index (χ3n) is 4.05. The van der Waals surface area contributed by atoms with Crippen LogP contribution in [0.3, 0.4) is 0 Å². The summed E-state index contributed by atoms with van der Waals surface area (Å²) in [4.78, 5) is 11.5. The maximum absolute atomic E-state index is 4.56. The molecule has 0 aromatic carbocycles. The molecule has 3 fully saturated rings. The molecule has 4 rings (SSSR count). The molecule has 4 heteroatoms. The quantitative estimate of drug-likeness (QED) is 0.841. The van der Waals surface area contributed by atoms with Crippen molar-refractivity contribution in [1.29, 1.82) is 0 Å². The van der Waals surface area contributed by atoms with Gasteiger partial charge < -0.3 is 10.2 Å². The first kappa shape index (κ1) is 11.0. The van der Waals surface area contributed by atoms with Crippen LogP contribution in [0.5, 0.6) is 0 Å². The Balaban J connectivity index is 1.76. The molecule has 17 heavy (non-hydrogen) atoms. The summed E-state index contributed by atoms with van der Waals surface area (Å²) < 4.78 is 0. The first-order valence-corrected chi connectivity index (χ1v) is 6.51. The number of aromatic nitrogens is 2. The molecular formula is C13H20N4. The number of piperidine rings is 3. The summed E-state index contributed by atoms with van der Waals surface area (Å²) in [6, 6.07) is 0.562. The number of fused-ring (bicyclic) bond motifs is 3. The molecule has 0 spiro atoms. The fraction of sp³-hybridized carbons (Fsp3) is 0.692. The van der Waals surface area contributed by atoms with E-state index in [1.54, 1.807) is 0 Å². The second-order valence-electron chi connectivity index (χ2n) is 5.33. The lowest BCUT2D eigenvalue weighted by Gasteiger charge is -2.45. The minimum absolute atomic E-state index is 0.562. The van der Waals surface area contributed by atoms with Crippen molar-refractivity contribution in [2.45, 2.75) is 32.7 Å². The van der Waals surface area contributed by atoms with E-state index in [2.05, 4.69) is 20.2 Å². The molecule has 0 saturated carbocycles. The Bertz CT molecular complexity index is 410. The Hall–Kier alpha value is -1.16. The van der Waals surface area contributed by atoms with Gasteiger partial charge in [0.15, 0.2) is 0 Å². The summed E-state index contributed by atoms with van der Waals surface area (Å²) in [5.41, 5.74) is 1.99. The number of hydrogen-bond donors (Lipinski definition) is 1. The summed E-state index contributed by atoms with van der Waals surface area (Å²) in [7, 11) is 0. The standard InChI is InChI=1S/C13H20N4/c1-9-7-14-10(2)13(15-9)16-12-8-17-5-3-11(12)4-6-17/h7,11-12H,3-6,8H2,1-2H3,(H,15,16). The summed E-state index contributed by atoms with van der Waals surface area (Å²) in [6.07, 6.45) is 4.49. The Morgan fingerprint density at radius 3 is 2.71 bits per heavy atom. The molecule has 1 N–H and O–H groups in total. The van der Waals surface area contributed by atoms with E-state index in [1.165, 1.54) is 32.5 Å². The van der Waals surface area contributed by atoms with Gasteiger partial charge in [0.05, 0.1) is 11.4 Å². The average molecular weight is 232 g/mol. The monoisotopic (exact) mass is 232 g/mol. The van der Waals surface area contributed by atoms with Gasteiger partial charge in [0.25, 0.3) is 0 Å². The zero-order valence-corrected chi connectivity index (χ0v) is 10.6. The highest BCUT2D eigenvalue weighted by molar-refractivity contribution is 5.41. The van der Waals surface area contributed by atoms with Crippen molar-refractivity contribution in [1.82, 2.24) is 14.9 Å². The highest BCUT2D eigenvalue weighted by atomic mass is 15.2. The van der Waals surface area contributed by atoms with E-state index in [4.69, 9.17) is 0 Å². The Labute approximate surface area is 102 Å². The van der Waals surface area contributed by atoms with Gasteiger partial charge in [-0.3, -0.25) is 4.98 Å². The van der Waals surface area contributed by atoms with E-state index in [1.807, 2.05) is 20.0 Å². The van der Waals surface area contributed by atoms with Crippen LogP contribution in [0.25, 0.3) is 0 Å². The minimum Gasteiger partial charge on any atom is -0.364 e. The van der Waals surface area contributed by atoms with Crippen LogP contribution >= 0.6 is 0 Å². The van der Waals surface area contributed by atoms with E-state index in [0.717, 1.165) is 23.1 Å². The molecule has 4 heterocycles. The second kappa shape index (κ2) is 4.26. The maximum Gasteiger partial charge on any atom is 0.148 e. The number of rotatable bonds is 2. The van der Waals surface area contributed by atoms with Crippen LogP contribution in [-0.4, -0.2) is 40.5 Å². The van der Waals surface area contributed by atoms with Crippen molar-refractivity contribution in [3.05, 3.63) is 17.6 Å². The molecule has 2 bridgehead atoms. The molecule has 0 radical (unpaired) electrons. The first-order chi connectivity index (χ1) is 8.22. The summed E-state index contributed by atoms with van der Waals surface area (Å²) in [5, 5.41) is 3.61. The highest BCUT2D eigenvalue weighted by Crippen LogP contribution is 2.29. The third-order valence-corrected chi connectivity index (χ3v) is 4.05. The third kappa shape index (κ3) is 2.14. The second-order valence-corrected chi connectivity index (χ2v) is 5.33. The van der Waals surface area contributed by atoms with E-state index >= 15 is 0 Å². The lowest BCUT2D eigenvalue weighted by Crippen LogP contribution is -2.53. The number of nitrogens with one attached hydrogen (secondary N) is 1. The summed E-state index contributed by atoms with van der Waals surface area (Å²) in [6.45, 7) is 7.74. The molecule has 0 aliphatic carbocycles. The molecule has 1 atom stereocenters. The average Bonchev–Trinajstić information content (AvgIpc) is 2.35. The molecule has 1 aromatic heterocycles. The summed E-state index contributed by atoms with van der Waals surface area (Å²) >= 11 is 0. The van der Waals surface area contributed by atoms with Gasteiger partial charge in [0.2, 0.25) is 0 Å². The van der Waals surface area contributed by atoms with Gasteiger partial charge in [0.1, 0.15) is 5.82 Å². The molecule has 4 nitrogen and oxygen atoms in total. The van der Waals surface area contributed by atoms with Gasteiger partial charge in [-0.1, -0.05) is 0 Å². The number of nitrogens with zero attached hydrogens (tertiary/aromatic N) is 3. The molecular weight excluding hydrogens is 212 g/mol. The van der Waals surface area contributed by atoms with E-state index in [0.29, 0.717) is 6.04 Å². The van der Waals surface area contributed by atoms with Crippen LogP contribution in [0.2, 0.25) is 0 Å². The lowest BCUT2D eigenvalue weighted by molar-refractivity contribution is 0.0973. The molecule has 1 unspecified atom stereocenters. The van der Waals surface area contributed by atoms with Crippen molar-refractivity contribution < 1.29 is 0 Å². The van der Waals surface area contributed by atoms with Crippen LogP contribution in [0, 0.1) is 19.8 Å². The van der Waals surface area contributed by atoms with Gasteiger partial charge in [-0.2, -0.15) is 0 Å². The molecule has 0 amide bonds. The van der Waals surface area contributed by atoms with Crippen LogP contribution in [-0.2, 0) is 0 Å². The molecule has 3 aliphatic rings. The van der Waals surface area contributed by atoms with E-state index in [9.17, 15) is 0 Å². The smallest absolute Gasteiger partial charge is 0.148 e. The molecule has 1 aromatic rings. The van der Waals surface area contributed by atoms with Gasteiger partial charge in [0, 0.05) is 18.8 Å². The number of hydrogen-bond acceptors (Lipinski definition) is 4. The van der Waals surface area contributed by atoms with Gasteiger partial charge in [-0.25, -0.2) is 4.98 Å². The van der Waals surface area contributed by atoms with Crippen molar-refractivity contribution >= 4 is 5.82 Å². The lowest BCUT2D eigenvalue weighted by atomic mass is 9.84.